The Kier molecular flexibility index (Phi) is 14.7. The molecular formula is C12H23KO7S. The molecule has 0 bridgehead atoms. The molecule has 0 aliphatic rings. The van der Waals surface area contributed by atoms with Crippen molar-refractivity contribution in [2.45, 2.75) is 57.6 Å². The van der Waals surface area contributed by atoms with Crippen molar-refractivity contribution in [2.75, 3.05) is 0 Å². The number of hydrogen-bond donors (Lipinski definition) is 3. The van der Waals surface area contributed by atoms with E-state index in [-0.39, 0.29) is 0 Å². The summed E-state index contributed by atoms with van der Waals surface area (Å²) in [7, 11) is -4.84. The minimum atomic E-state index is -4.84. The van der Waals surface area contributed by atoms with Crippen LogP contribution in [-0.4, -0.2) is 89.3 Å². The maximum absolute atomic E-state index is 10.2. The fourth-order valence-electron chi connectivity index (χ4n) is 1.43. The van der Waals surface area contributed by atoms with Gasteiger partial charge in [0.05, 0.1) is 6.42 Å². The Labute approximate surface area is 159 Å². The molecule has 0 aromatic carbocycles. The molecule has 0 fully saturated rings. The summed E-state index contributed by atoms with van der Waals surface area (Å²) < 4.78 is 29.8. The Bertz CT molecular complexity index is 408. The third-order valence-electron chi connectivity index (χ3n) is 2.99. The molecule has 0 aliphatic heterocycles. The van der Waals surface area contributed by atoms with Crippen LogP contribution in [0.2, 0.25) is 0.0125 Å². The fraction of sp³-hybridized carbons (Fsp3) is 0.833. The van der Waals surface area contributed by atoms with Crippen molar-refractivity contribution < 1.29 is 32.8 Å². The molecule has 120 valence electrons. The van der Waals surface area contributed by atoms with Crippen molar-refractivity contribution in [3.63, 3.8) is 0 Å². The van der Waals surface area contributed by atoms with Crippen LogP contribution in [0, 0.1) is 0 Å². The third kappa shape index (κ3) is 15.2. The predicted octanol–water partition coefficient (Wildman–Crippen LogP) is 1.74. The maximum atomic E-state index is 10.2. The first-order chi connectivity index (χ1) is 9.56. The topological polar surface area (TPSA) is 129 Å². The first-order valence-corrected chi connectivity index (χ1v) is 10.3. The van der Waals surface area contributed by atoms with E-state index >= 15 is 0 Å². The summed E-state index contributed by atoms with van der Waals surface area (Å²) in [4.78, 5) is 20.0. The Morgan fingerprint density at radius 2 is 1.67 bits per heavy atom. The summed E-state index contributed by atoms with van der Waals surface area (Å²) in [6.45, 7) is 4.60. The molecule has 9 heteroatoms. The predicted molar refractivity (Wildman–Crippen MR) is 79.2 cm³/mol. The second kappa shape index (κ2) is 13.0. The van der Waals surface area contributed by atoms with Crippen LogP contribution >= 0.6 is 0 Å². The summed E-state index contributed by atoms with van der Waals surface area (Å²) in [6.07, 6.45) is 6.11. The van der Waals surface area contributed by atoms with Gasteiger partial charge >= 0.3 is 107 Å². The Hall–Kier alpha value is 0.486. The second-order valence-electron chi connectivity index (χ2n) is 4.95. The maximum Gasteiger partial charge on any atom is 0.325 e. The van der Waals surface area contributed by atoms with Crippen molar-refractivity contribution in [1.82, 2.24) is 0 Å². The summed E-state index contributed by atoms with van der Waals surface area (Å²) in [6, 6.07) is 0. The molecule has 0 heterocycles. The number of carboxylic acid groups (broad SMARTS) is 2. The molecule has 0 rings (SSSR count). The first kappa shape index (κ1) is 23.7. The minimum Gasteiger partial charge on any atom is -0.481 e. The zero-order chi connectivity index (χ0) is 17.1. The van der Waals surface area contributed by atoms with Gasteiger partial charge in [-0.05, 0) is 0 Å². The van der Waals surface area contributed by atoms with E-state index in [4.69, 9.17) is 14.8 Å². The molecule has 0 spiro atoms. The first-order valence-electron chi connectivity index (χ1n) is 6.97. The quantitative estimate of drug-likeness (QED) is 0.328. The molecule has 2 unspecified atom stereocenters. The molecule has 0 saturated heterocycles. The van der Waals surface area contributed by atoms with Crippen LogP contribution in [0.4, 0.5) is 0 Å². The van der Waals surface area contributed by atoms with E-state index in [1.54, 1.807) is 0 Å². The Balaban J connectivity index is 0. The van der Waals surface area contributed by atoms with Crippen molar-refractivity contribution >= 4 is 71.0 Å². The van der Waals surface area contributed by atoms with Gasteiger partial charge in [-0.2, -0.15) is 8.42 Å². The van der Waals surface area contributed by atoms with Crippen molar-refractivity contribution in [2.24, 2.45) is 0 Å². The van der Waals surface area contributed by atoms with Gasteiger partial charge in [0.15, 0.2) is 5.25 Å². The molecule has 3 N–H and O–H groups in total. The number of hydrogen-bond acceptors (Lipinski definition) is 4. The number of rotatable bonds is 9. The van der Waals surface area contributed by atoms with Gasteiger partial charge in [-0.3, -0.25) is 14.1 Å². The number of aliphatic carboxylic acids is 2. The third-order valence-corrected chi connectivity index (χ3v) is 6.26. The molecular weight excluding hydrogens is 327 g/mol. The van der Waals surface area contributed by atoms with E-state index in [9.17, 15) is 18.0 Å². The van der Waals surface area contributed by atoms with Crippen molar-refractivity contribution in [3.8, 4) is 0 Å². The van der Waals surface area contributed by atoms with Gasteiger partial charge in [0.25, 0.3) is 10.1 Å². The molecule has 2 atom stereocenters. The van der Waals surface area contributed by atoms with Gasteiger partial charge < -0.3 is 10.2 Å². The molecule has 21 heavy (non-hydrogen) atoms. The second-order valence-corrected chi connectivity index (χ2v) is 9.10. The average Bonchev–Trinajstić information content (AvgIpc) is 2.35. The molecule has 0 saturated carbocycles. The largest absolute Gasteiger partial charge is 0.481 e. The van der Waals surface area contributed by atoms with Gasteiger partial charge in [0.1, 0.15) is 0 Å². The summed E-state index contributed by atoms with van der Waals surface area (Å²) in [5, 5.41) is 13.9. The number of carboxylic acids is 2. The molecule has 0 aliphatic carbocycles. The number of carbonyl (C=O) groups is 2. The van der Waals surface area contributed by atoms with Crippen LogP contribution in [0.1, 0.15) is 52.4 Å². The van der Waals surface area contributed by atoms with Crippen LogP contribution in [-0.2, 0) is 19.7 Å². The summed E-state index contributed by atoms with van der Waals surface area (Å²) >= 11 is 1.08. The van der Waals surface area contributed by atoms with Crippen LogP contribution in [0.15, 0.2) is 0 Å². The molecule has 7 nitrogen and oxygen atoms in total. The van der Waals surface area contributed by atoms with Gasteiger partial charge in [-0.1, -0.05) is 0 Å². The summed E-state index contributed by atoms with van der Waals surface area (Å²) in [5.74, 6) is -3.50. The molecule has 0 aromatic heterocycles. The zero-order valence-corrected chi connectivity index (χ0v) is 16.7. The SMILES string of the molecule is CCCCC[CH]([K])CC.O=C(O)CC(C(=O)O)S(=O)(=O)O. The van der Waals surface area contributed by atoms with Crippen molar-refractivity contribution in [3.05, 3.63) is 0 Å². The zero-order valence-electron chi connectivity index (χ0n) is 12.8. The molecule has 0 amide bonds. The normalized spacial score (nSPS) is 13.8. The Morgan fingerprint density at radius 3 is 1.90 bits per heavy atom. The van der Waals surface area contributed by atoms with Crippen LogP contribution in [0.25, 0.3) is 0 Å². The van der Waals surface area contributed by atoms with E-state index in [0.717, 1.165) is 49.0 Å². The smallest absolute Gasteiger partial charge is 0.325 e. The van der Waals surface area contributed by atoms with Gasteiger partial charge in [-0.15, -0.1) is 0 Å². The monoisotopic (exact) mass is 350 g/mol. The van der Waals surface area contributed by atoms with Gasteiger partial charge in [0, 0.05) is 0 Å². The minimum absolute atomic E-state index is 1.08. The van der Waals surface area contributed by atoms with Crippen molar-refractivity contribution in [1.29, 1.82) is 0 Å². The average molecular weight is 350 g/mol. The Morgan fingerprint density at radius 1 is 1.14 bits per heavy atom. The van der Waals surface area contributed by atoms with Gasteiger partial charge in [0.2, 0.25) is 0 Å². The van der Waals surface area contributed by atoms with Crippen LogP contribution in [0.5, 0.6) is 0 Å². The van der Waals surface area contributed by atoms with E-state index in [1.807, 2.05) is 0 Å². The molecule has 0 aromatic rings. The van der Waals surface area contributed by atoms with Crippen LogP contribution < -0.4 is 0 Å². The van der Waals surface area contributed by atoms with Crippen LogP contribution in [0.3, 0.4) is 0 Å². The molecule has 0 radical (unpaired) electrons. The van der Waals surface area contributed by atoms with E-state index in [0.29, 0.717) is 0 Å². The van der Waals surface area contributed by atoms with E-state index in [1.165, 1.54) is 32.1 Å². The van der Waals surface area contributed by atoms with E-state index in [2.05, 4.69) is 13.8 Å². The van der Waals surface area contributed by atoms with Gasteiger partial charge in [-0.25, -0.2) is 0 Å². The fourth-order valence-corrected chi connectivity index (χ4v) is 2.67. The van der Waals surface area contributed by atoms with E-state index < -0.39 is 33.7 Å². The number of unbranched alkanes of at least 4 members (excludes halogenated alkanes) is 2. The standard InChI is InChI=1S/C8H17.C4H6O7S.K/c1-3-5-7-8-6-4-2;5-3(6)1-2(4(7)8)12(9,10)11;/h5H,3-4,6-8H2,1-2H3;2H,1H2,(H,5,6)(H,7,8)(H,9,10,11);. The summed E-state index contributed by atoms with van der Waals surface area (Å²) in [5.41, 5.74) is 0.